The molecule has 3 heterocycles. The van der Waals surface area contributed by atoms with Crippen LogP contribution in [0.3, 0.4) is 0 Å². The highest BCUT2D eigenvalue weighted by Gasteiger charge is 2.25. The minimum absolute atomic E-state index is 0.0140. The van der Waals surface area contributed by atoms with Gasteiger partial charge in [-0.3, -0.25) is 5.32 Å². The number of amides is 1. The van der Waals surface area contributed by atoms with Crippen LogP contribution < -0.4 is 19.7 Å². The average Bonchev–Trinajstić information content (AvgIpc) is 3.14. The SMILES string of the molecule is Cc1noc(C)c1NC(=O)Oc1ccc(OC(F)F)c2nc(N3CCC3)oc12. The van der Waals surface area contributed by atoms with E-state index >= 15 is 0 Å². The van der Waals surface area contributed by atoms with E-state index in [1.165, 1.54) is 12.1 Å². The molecule has 4 rings (SSSR count). The van der Waals surface area contributed by atoms with Gasteiger partial charge < -0.3 is 23.3 Å². The molecule has 1 aliphatic heterocycles. The Labute approximate surface area is 157 Å². The van der Waals surface area contributed by atoms with Crippen molar-refractivity contribution in [2.24, 2.45) is 0 Å². The Kier molecular flexibility index (Phi) is 4.49. The van der Waals surface area contributed by atoms with E-state index in [1.807, 2.05) is 4.90 Å². The molecule has 0 bridgehead atoms. The highest BCUT2D eigenvalue weighted by molar-refractivity contribution is 5.92. The van der Waals surface area contributed by atoms with Crippen molar-refractivity contribution in [3.8, 4) is 11.5 Å². The van der Waals surface area contributed by atoms with Crippen LogP contribution in [0.25, 0.3) is 11.1 Å². The van der Waals surface area contributed by atoms with E-state index in [4.69, 9.17) is 13.7 Å². The lowest BCUT2D eigenvalue weighted by Crippen LogP contribution is -2.37. The van der Waals surface area contributed by atoms with E-state index in [9.17, 15) is 13.6 Å². The van der Waals surface area contributed by atoms with Crippen LogP contribution >= 0.6 is 0 Å². The van der Waals surface area contributed by atoms with Crippen molar-refractivity contribution in [3.63, 3.8) is 0 Å². The number of carbonyl (C=O) groups excluding carboxylic acids is 1. The van der Waals surface area contributed by atoms with Crippen LogP contribution in [0.2, 0.25) is 0 Å². The van der Waals surface area contributed by atoms with Crippen molar-refractivity contribution < 1.29 is 32.0 Å². The lowest BCUT2D eigenvalue weighted by molar-refractivity contribution is -0.0489. The average molecular weight is 394 g/mol. The standard InChI is InChI=1S/C17H16F2N4O5/c1-8-12(9(2)28-22-8)21-17(24)26-11-5-4-10(25-15(18)19)13-14(11)27-16(20-13)23-6-3-7-23/h4-5,15H,3,6-7H2,1-2H3,(H,21,24). The smallest absolute Gasteiger partial charge is 0.417 e. The van der Waals surface area contributed by atoms with Crippen molar-refractivity contribution >= 4 is 28.9 Å². The number of hydrogen-bond donors (Lipinski definition) is 1. The number of carbonyl (C=O) groups is 1. The van der Waals surface area contributed by atoms with Crippen LogP contribution in [0.1, 0.15) is 17.9 Å². The van der Waals surface area contributed by atoms with Crippen LogP contribution in [0, 0.1) is 13.8 Å². The molecule has 1 saturated heterocycles. The van der Waals surface area contributed by atoms with Gasteiger partial charge in [0.2, 0.25) is 5.58 Å². The molecule has 1 aliphatic rings. The number of halogens is 2. The monoisotopic (exact) mass is 394 g/mol. The van der Waals surface area contributed by atoms with Crippen molar-refractivity contribution in [1.29, 1.82) is 0 Å². The number of oxazole rings is 1. The van der Waals surface area contributed by atoms with Gasteiger partial charge >= 0.3 is 12.7 Å². The predicted molar refractivity (Wildman–Crippen MR) is 93.1 cm³/mol. The second kappa shape index (κ2) is 6.98. The summed E-state index contributed by atoms with van der Waals surface area (Å²) >= 11 is 0. The van der Waals surface area contributed by atoms with Crippen LogP contribution in [-0.4, -0.2) is 35.9 Å². The molecule has 0 spiro atoms. The molecular formula is C17H16F2N4O5. The number of ether oxygens (including phenoxy) is 2. The number of rotatable bonds is 5. The molecule has 0 atom stereocenters. The van der Waals surface area contributed by atoms with E-state index in [1.54, 1.807) is 13.8 Å². The molecule has 148 valence electrons. The van der Waals surface area contributed by atoms with E-state index in [0.717, 1.165) is 19.5 Å². The summed E-state index contributed by atoms with van der Waals surface area (Å²) in [4.78, 5) is 18.3. The van der Waals surface area contributed by atoms with Crippen LogP contribution in [0.5, 0.6) is 11.5 Å². The van der Waals surface area contributed by atoms with Gasteiger partial charge in [0.05, 0.1) is 0 Å². The minimum Gasteiger partial charge on any atom is -0.432 e. The second-order valence-electron chi connectivity index (χ2n) is 6.17. The van der Waals surface area contributed by atoms with Gasteiger partial charge in [-0.25, -0.2) is 4.79 Å². The molecule has 1 fully saturated rings. The topological polar surface area (TPSA) is 103 Å². The van der Waals surface area contributed by atoms with Gasteiger partial charge in [0.1, 0.15) is 11.4 Å². The van der Waals surface area contributed by atoms with E-state index in [-0.39, 0.29) is 28.6 Å². The maximum absolute atomic E-state index is 12.7. The Bertz CT molecular complexity index is 1010. The van der Waals surface area contributed by atoms with Crippen molar-refractivity contribution in [1.82, 2.24) is 10.1 Å². The van der Waals surface area contributed by atoms with Crippen LogP contribution in [0.15, 0.2) is 21.1 Å². The third-order valence-corrected chi connectivity index (χ3v) is 4.26. The molecule has 11 heteroatoms. The number of nitrogens with zero attached hydrogens (tertiary/aromatic N) is 3. The van der Waals surface area contributed by atoms with Crippen molar-refractivity contribution in [3.05, 3.63) is 23.6 Å². The first-order chi connectivity index (χ1) is 13.4. The zero-order valence-electron chi connectivity index (χ0n) is 15.0. The lowest BCUT2D eigenvalue weighted by Gasteiger charge is -2.28. The summed E-state index contributed by atoms with van der Waals surface area (Å²) < 4.78 is 45.8. The molecule has 3 aromatic rings. The van der Waals surface area contributed by atoms with Gasteiger partial charge in [-0.05, 0) is 32.4 Å². The third kappa shape index (κ3) is 3.30. The molecule has 0 aliphatic carbocycles. The number of alkyl halides is 2. The highest BCUT2D eigenvalue weighted by Crippen LogP contribution is 2.37. The summed E-state index contributed by atoms with van der Waals surface area (Å²) in [7, 11) is 0. The number of fused-ring (bicyclic) bond motifs is 1. The Morgan fingerprint density at radius 3 is 2.64 bits per heavy atom. The van der Waals surface area contributed by atoms with Gasteiger partial charge in [-0.1, -0.05) is 5.16 Å². The number of benzene rings is 1. The number of anilines is 2. The lowest BCUT2D eigenvalue weighted by atomic mass is 10.2. The Balaban J connectivity index is 1.64. The molecule has 9 nitrogen and oxygen atoms in total. The third-order valence-electron chi connectivity index (χ3n) is 4.26. The molecule has 1 amide bonds. The Hall–Kier alpha value is -3.37. The first kappa shape index (κ1) is 18.0. The quantitative estimate of drug-likeness (QED) is 0.696. The molecule has 1 aromatic carbocycles. The summed E-state index contributed by atoms with van der Waals surface area (Å²) in [5.74, 6) is 0.263. The predicted octanol–water partition coefficient (Wildman–Crippen LogP) is 3.86. The number of aromatic nitrogens is 2. The summed E-state index contributed by atoms with van der Waals surface area (Å²) in [6, 6.07) is 2.80. The van der Waals surface area contributed by atoms with Gasteiger partial charge in [-0.2, -0.15) is 13.8 Å². The fourth-order valence-corrected chi connectivity index (χ4v) is 2.75. The maximum atomic E-state index is 12.7. The van der Waals surface area contributed by atoms with Gasteiger partial charge in [0.25, 0.3) is 6.01 Å². The zero-order chi connectivity index (χ0) is 19.8. The summed E-state index contributed by atoms with van der Waals surface area (Å²) in [6.07, 6.45) is 0.155. The first-order valence-corrected chi connectivity index (χ1v) is 8.47. The molecule has 0 radical (unpaired) electrons. The van der Waals surface area contributed by atoms with E-state index in [2.05, 4.69) is 20.2 Å². The summed E-state index contributed by atoms with van der Waals surface area (Å²) in [5.41, 5.74) is 0.955. The normalized spacial score (nSPS) is 13.7. The van der Waals surface area contributed by atoms with Gasteiger partial charge in [-0.15, -0.1) is 0 Å². The second-order valence-corrected chi connectivity index (χ2v) is 6.17. The van der Waals surface area contributed by atoms with Crippen LogP contribution in [-0.2, 0) is 0 Å². The fourth-order valence-electron chi connectivity index (χ4n) is 2.75. The Morgan fingerprint density at radius 2 is 2.04 bits per heavy atom. The maximum Gasteiger partial charge on any atom is 0.417 e. The van der Waals surface area contributed by atoms with E-state index < -0.39 is 12.7 Å². The van der Waals surface area contributed by atoms with Crippen molar-refractivity contribution in [2.45, 2.75) is 26.9 Å². The minimum atomic E-state index is -3.03. The first-order valence-electron chi connectivity index (χ1n) is 8.47. The largest absolute Gasteiger partial charge is 0.432 e. The molecule has 0 unspecified atom stereocenters. The molecule has 0 saturated carbocycles. The van der Waals surface area contributed by atoms with Crippen molar-refractivity contribution in [2.75, 3.05) is 23.3 Å². The highest BCUT2D eigenvalue weighted by atomic mass is 19.3. The number of aryl methyl sites for hydroxylation is 2. The molecule has 28 heavy (non-hydrogen) atoms. The number of nitrogens with one attached hydrogen (secondary N) is 1. The summed E-state index contributed by atoms with van der Waals surface area (Å²) in [5, 5.41) is 6.27. The zero-order valence-corrected chi connectivity index (χ0v) is 15.0. The van der Waals surface area contributed by atoms with Gasteiger partial charge in [0, 0.05) is 13.1 Å². The van der Waals surface area contributed by atoms with Gasteiger partial charge in [0.15, 0.2) is 22.8 Å². The molecular weight excluding hydrogens is 378 g/mol. The summed E-state index contributed by atoms with van der Waals surface area (Å²) in [6.45, 7) is 1.75. The van der Waals surface area contributed by atoms with E-state index in [0.29, 0.717) is 17.1 Å². The van der Waals surface area contributed by atoms with Crippen LogP contribution in [0.4, 0.5) is 25.3 Å². The molecule has 2 aromatic heterocycles. The molecule has 1 N–H and O–H groups in total. The fraction of sp³-hybridized carbons (Fsp3) is 0.353. The number of hydrogen-bond acceptors (Lipinski definition) is 8. The Morgan fingerprint density at radius 1 is 1.29 bits per heavy atom.